The van der Waals surface area contributed by atoms with Crippen molar-refractivity contribution in [2.24, 2.45) is 0 Å². The molecule has 0 atom stereocenters. The summed E-state index contributed by atoms with van der Waals surface area (Å²) in [5, 5.41) is 2.85. The molecule has 7 heteroatoms. The zero-order valence-corrected chi connectivity index (χ0v) is 17.0. The second kappa shape index (κ2) is 7.85. The van der Waals surface area contributed by atoms with E-state index in [0.717, 1.165) is 19.6 Å². The van der Waals surface area contributed by atoms with Crippen molar-refractivity contribution in [3.05, 3.63) is 92.9 Å². The molecule has 0 unspecified atom stereocenters. The third-order valence-corrected chi connectivity index (χ3v) is 5.96. The Labute approximate surface area is 172 Å². The maximum atomic E-state index is 13.3. The minimum atomic E-state index is -0.336. The lowest BCUT2D eigenvalue weighted by Gasteiger charge is -2.11. The van der Waals surface area contributed by atoms with Crippen LogP contribution in [-0.4, -0.2) is 10.5 Å². The summed E-state index contributed by atoms with van der Waals surface area (Å²) >= 11 is 5.02. The molecule has 0 aliphatic rings. The van der Waals surface area contributed by atoms with E-state index in [1.807, 2.05) is 16.7 Å². The van der Waals surface area contributed by atoms with Gasteiger partial charge >= 0.3 is 0 Å². The lowest BCUT2D eigenvalue weighted by Crippen LogP contribution is -2.25. The molecule has 0 saturated heterocycles. The second-order valence-corrected chi connectivity index (χ2v) is 8.82. The van der Waals surface area contributed by atoms with Gasteiger partial charge in [0.2, 0.25) is 0 Å². The van der Waals surface area contributed by atoms with Crippen molar-refractivity contribution in [2.75, 3.05) is 0 Å². The Balaban J connectivity index is 1.62. The third kappa shape index (κ3) is 4.00. The van der Waals surface area contributed by atoms with Gasteiger partial charge in [-0.05, 0) is 63.5 Å². The number of nitrogens with one attached hydrogen (secondary N) is 1. The highest BCUT2D eigenvalue weighted by atomic mass is 79.9. The average Bonchev–Trinajstić information content (AvgIpc) is 3.19. The first-order valence-corrected chi connectivity index (χ1v) is 10.2. The summed E-state index contributed by atoms with van der Waals surface area (Å²) < 4.78 is 30.4. The molecule has 0 saturated carbocycles. The number of carbonyl (C=O) groups is 1. The number of hydrogen-bond donors (Lipinski definition) is 1. The van der Waals surface area contributed by atoms with Crippen molar-refractivity contribution in [1.29, 1.82) is 0 Å². The molecule has 4 aromatic rings. The minimum absolute atomic E-state index is 0.232. The standard InChI is InChI=1S/C21H15BrF2N2OS/c22-20-10-17-19(28-20)9-18(26(17)12-13-4-6-15(23)7-5-13)21(27)25-11-14-2-1-3-16(24)8-14/h1-10H,11-12H2,(H,25,27). The molecule has 28 heavy (non-hydrogen) atoms. The summed E-state index contributed by atoms with van der Waals surface area (Å²) in [6, 6.07) is 16.2. The van der Waals surface area contributed by atoms with Gasteiger partial charge in [-0.2, -0.15) is 0 Å². The monoisotopic (exact) mass is 460 g/mol. The first kappa shape index (κ1) is 18.8. The Bertz CT molecular complexity index is 1150. The molecular formula is C21H15BrF2N2OS. The largest absolute Gasteiger partial charge is 0.347 e. The van der Waals surface area contributed by atoms with Crippen LogP contribution in [-0.2, 0) is 13.1 Å². The number of hydrogen-bond acceptors (Lipinski definition) is 2. The highest BCUT2D eigenvalue weighted by Crippen LogP contribution is 2.33. The maximum absolute atomic E-state index is 13.3. The fourth-order valence-electron chi connectivity index (χ4n) is 3.06. The first-order valence-electron chi connectivity index (χ1n) is 8.55. The van der Waals surface area contributed by atoms with Crippen molar-refractivity contribution in [3.63, 3.8) is 0 Å². The third-order valence-electron chi connectivity index (χ3n) is 4.39. The van der Waals surface area contributed by atoms with E-state index < -0.39 is 0 Å². The molecule has 0 bridgehead atoms. The highest BCUT2D eigenvalue weighted by molar-refractivity contribution is 9.11. The molecule has 4 rings (SSSR count). The van der Waals surface area contributed by atoms with Crippen LogP contribution in [0.4, 0.5) is 8.78 Å². The van der Waals surface area contributed by atoms with Gasteiger partial charge in [-0.15, -0.1) is 11.3 Å². The number of benzene rings is 2. The molecule has 2 aromatic carbocycles. The van der Waals surface area contributed by atoms with Gasteiger partial charge in [-0.1, -0.05) is 24.3 Å². The van der Waals surface area contributed by atoms with E-state index in [-0.39, 0.29) is 24.1 Å². The Morgan fingerprint density at radius 1 is 1.00 bits per heavy atom. The molecular weight excluding hydrogens is 446 g/mol. The highest BCUT2D eigenvalue weighted by Gasteiger charge is 2.18. The van der Waals surface area contributed by atoms with Crippen molar-refractivity contribution >= 4 is 43.4 Å². The molecule has 2 aromatic heterocycles. The van der Waals surface area contributed by atoms with Crippen molar-refractivity contribution in [2.45, 2.75) is 13.1 Å². The molecule has 0 aliphatic carbocycles. The summed E-state index contributed by atoms with van der Waals surface area (Å²) in [6.07, 6.45) is 0. The number of fused-ring (bicyclic) bond motifs is 1. The van der Waals surface area contributed by atoms with Gasteiger partial charge in [0.25, 0.3) is 5.91 Å². The quantitative estimate of drug-likeness (QED) is 0.405. The zero-order chi connectivity index (χ0) is 19.7. The normalized spacial score (nSPS) is 11.1. The van der Waals surface area contributed by atoms with E-state index in [4.69, 9.17) is 0 Å². The SMILES string of the molecule is O=C(NCc1cccc(F)c1)c1cc2sc(Br)cc2n1Cc1ccc(F)cc1. The Hall–Kier alpha value is -2.51. The van der Waals surface area contributed by atoms with E-state index in [0.29, 0.717) is 17.8 Å². The number of rotatable bonds is 5. The van der Waals surface area contributed by atoms with Gasteiger partial charge in [0.1, 0.15) is 17.3 Å². The van der Waals surface area contributed by atoms with E-state index in [9.17, 15) is 13.6 Å². The van der Waals surface area contributed by atoms with Gasteiger partial charge in [-0.25, -0.2) is 8.78 Å². The number of nitrogens with zero attached hydrogens (tertiary/aromatic N) is 1. The number of thiophene rings is 1. The van der Waals surface area contributed by atoms with Gasteiger partial charge in [-0.3, -0.25) is 4.79 Å². The molecule has 0 radical (unpaired) electrons. The van der Waals surface area contributed by atoms with E-state index in [2.05, 4.69) is 21.2 Å². The van der Waals surface area contributed by atoms with Crippen molar-refractivity contribution in [3.8, 4) is 0 Å². The van der Waals surface area contributed by atoms with Crippen LogP contribution < -0.4 is 5.32 Å². The number of amides is 1. The summed E-state index contributed by atoms with van der Waals surface area (Å²) in [6.45, 7) is 0.672. The molecule has 0 aliphatic heterocycles. The van der Waals surface area contributed by atoms with Gasteiger partial charge in [0.15, 0.2) is 0 Å². The molecule has 0 spiro atoms. The Kier molecular flexibility index (Phi) is 5.28. The summed E-state index contributed by atoms with van der Waals surface area (Å²) in [5.74, 6) is -0.879. The molecule has 1 N–H and O–H groups in total. The number of halogens is 3. The summed E-state index contributed by atoms with van der Waals surface area (Å²) in [4.78, 5) is 12.8. The van der Waals surface area contributed by atoms with E-state index in [1.165, 1.54) is 24.3 Å². The van der Waals surface area contributed by atoms with Gasteiger partial charge in [0, 0.05) is 13.1 Å². The predicted octanol–water partition coefficient (Wildman–Crippen LogP) is 5.72. The van der Waals surface area contributed by atoms with Crippen LogP contribution in [0.1, 0.15) is 21.6 Å². The molecule has 2 heterocycles. The predicted molar refractivity (Wildman–Crippen MR) is 111 cm³/mol. The maximum Gasteiger partial charge on any atom is 0.268 e. The lowest BCUT2D eigenvalue weighted by molar-refractivity contribution is 0.0942. The van der Waals surface area contributed by atoms with Crippen LogP contribution in [0.5, 0.6) is 0 Å². The second-order valence-electron chi connectivity index (χ2n) is 6.35. The van der Waals surface area contributed by atoms with E-state index >= 15 is 0 Å². The molecule has 3 nitrogen and oxygen atoms in total. The summed E-state index contributed by atoms with van der Waals surface area (Å²) in [7, 11) is 0. The van der Waals surface area contributed by atoms with Crippen molar-refractivity contribution < 1.29 is 13.6 Å². The number of aromatic nitrogens is 1. The van der Waals surface area contributed by atoms with E-state index in [1.54, 1.807) is 35.6 Å². The molecule has 0 fully saturated rings. The average molecular weight is 461 g/mol. The van der Waals surface area contributed by atoms with Gasteiger partial charge in [0.05, 0.1) is 14.0 Å². The first-order chi connectivity index (χ1) is 13.5. The lowest BCUT2D eigenvalue weighted by atomic mass is 10.2. The Morgan fingerprint density at radius 2 is 1.79 bits per heavy atom. The van der Waals surface area contributed by atoms with Crippen LogP contribution in [0.3, 0.4) is 0 Å². The molecule has 1 amide bonds. The summed E-state index contributed by atoms with van der Waals surface area (Å²) in [5.41, 5.74) is 3.02. The van der Waals surface area contributed by atoms with Crippen LogP contribution in [0.2, 0.25) is 0 Å². The Morgan fingerprint density at radius 3 is 2.54 bits per heavy atom. The van der Waals surface area contributed by atoms with Crippen LogP contribution in [0.25, 0.3) is 10.2 Å². The fourth-order valence-corrected chi connectivity index (χ4v) is 4.63. The molecule has 142 valence electrons. The van der Waals surface area contributed by atoms with Crippen LogP contribution in [0, 0.1) is 11.6 Å². The number of carbonyl (C=O) groups excluding carboxylic acids is 1. The fraction of sp³-hybridized carbons (Fsp3) is 0.0952. The van der Waals surface area contributed by atoms with Crippen LogP contribution in [0.15, 0.2) is 64.5 Å². The zero-order valence-electron chi connectivity index (χ0n) is 14.6. The minimum Gasteiger partial charge on any atom is -0.347 e. The van der Waals surface area contributed by atoms with Crippen molar-refractivity contribution in [1.82, 2.24) is 9.88 Å². The van der Waals surface area contributed by atoms with Crippen LogP contribution >= 0.6 is 27.3 Å². The van der Waals surface area contributed by atoms with Gasteiger partial charge < -0.3 is 9.88 Å². The smallest absolute Gasteiger partial charge is 0.268 e. The topological polar surface area (TPSA) is 34.0 Å².